The van der Waals surface area contributed by atoms with Crippen LogP contribution in [0.15, 0.2) is 12.5 Å². The lowest BCUT2D eigenvalue weighted by Gasteiger charge is -2.26. The monoisotopic (exact) mass is 306 g/mol. The van der Waals surface area contributed by atoms with Crippen molar-refractivity contribution >= 4 is 23.2 Å². The maximum absolute atomic E-state index is 6.14. The van der Waals surface area contributed by atoms with Crippen molar-refractivity contribution < 1.29 is 0 Å². The Balaban J connectivity index is 1.80. The summed E-state index contributed by atoms with van der Waals surface area (Å²) in [4.78, 5) is 8.06. The van der Waals surface area contributed by atoms with E-state index < -0.39 is 0 Å². The van der Waals surface area contributed by atoms with Gasteiger partial charge in [-0.15, -0.1) is 0 Å². The minimum absolute atomic E-state index is 0.276. The molecule has 0 bridgehead atoms. The number of fused-ring (bicyclic) bond motifs is 1. The van der Waals surface area contributed by atoms with E-state index in [2.05, 4.69) is 38.9 Å². The summed E-state index contributed by atoms with van der Waals surface area (Å²) in [5.74, 6) is 0.908. The number of aryl methyl sites for hydroxylation is 1. The molecule has 21 heavy (non-hydrogen) atoms. The van der Waals surface area contributed by atoms with Crippen LogP contribution in [0.5, 0.6) is 0 Å². The van der Waals surface area contributed by atoms with E-state index in [4.69, 9.17) is 17.3 Å². The number of nitrogens with one attached hydrogen (secondary N) is 1. The number of anilines is 2. The van der Waals surface area contributed by atoms with Gasteiger partial charge in [0.05, 0.1) is 6.20 Å². The molecule has 3 rings (SSSR count). The first-order valence-corrected chi connectivity index (χ1v) is 7.51. The van der Waals surface area contributed by atoms with Crippen LogP contribution in [0.3, 0.4) is 0 Å². The van der Waals surface area contributed by atoms with Crippen LogP contribution in [0.25, 0.3) is 0 Å². The number of nitrogen functional groups attached to an aromatic ring is 1. The zero-order valence-corrected chi connectivity index (χ0v) is 12.9. The van der Waals surface area contributed by atoms with Crippen LogP contribution in [0.2, 0.25) is 5.02 Å². The average Bonchev–Trinajstić information content (AvgIpc) is 2.87. The van der Waals surface area contributed by atoms with E-state index in [1.54, 1.807) is 0 Å². The molecule has 0 amide bonds. The third-order valence-corrected chi connectivity index (χ3v) is 4.21. The lowest BCUT2D eigenvalue weighted by atomic mass is 9.93. The van der Waals surface area contributed by atoms with Gasteiger partial charge < -0.3 is 11.1 Å². The van der Waals surface area contributed by atoms with Gasteiger partial charge in [0.15, 0.2) is 5.82 Å². The third kappa shape index (κ3) is 2.68. The maximum atomic E-state index is 6.14. The number of rotatable bonds is 3. The minimum Gasteiger partial charge on any atom is -0.382 e. The molecule has 112 valence electrons. The molecule has 1 aliphatic rings. The van der Waals surface area contributed by atoms with Gasteiger partial charge in [-0.1, -0.05) is 11.6 Å². The van der Waals surface area contributed by atoms with Crippen molar-refractivity contribution in [3.63, 3.8) is 0 Å². The number of hydrogen-bond donors (Lipinski definition) is 2. The van der Waals surface area contributed by atoms with E-state index in [9.17, 15) is 0 Å². The highest BCUT2D eigenvalue weighted by atomic mass is 35.5. The highest BCUT2D eigenvalue weighted by Crippen LogP contribution is 2.28. The molecule has 0 aromatic carbocycles. The first kappa shape index (κ1) is 14.1. The molecule has 7 heteroatoms. The summed E-state index contributed by atoms with van der Waals surface area (Å²) >= 11 is 6.14. The van der Waals surface area contributed by atoms with E-state index >= 15 is 0 Å². The van der Waals surface area contributed by atoms with Crippen LogP contribution in [-0.2, 0) is 12.8 Å². The predicted octanol–water partition coefficient (Wildman–Crippen LogP) is 2.46. The molecule has 1 atom stereocenters. The summed E-state index contributed by atoms with van der Waals surface area (Å²) in [6.07, 6.45) is 6.36. The second-order valence-electron chi connectivity index (χ2n) is 5.66. The Labute approximate surface area is 128 Å². The molecular weight excluding hydrogens is 288 g/mol. The predicted molar refractivity (Wildman–Crippen MR) is 83.5 cm³/mol. The molecule has 1 aliphatic carbocycles. The van der Waals surface area contributed by atoms with Gasteiger partial charge in [0, 0.05) is 24.2 Å². The molecule has 2 heterocycles. The summed E-state index contributed by atoms with van der Waals surface area (Å²) in [6.45, 7) is 4.29. The molecule has 2 aromatic rings. The smallest absolute Gasteiger partial charge is 0.150 e. The number of halogens is 1. The molecule has 0 saturated heterocycles. The Morgan fingerprint density at radius 2 is 2.24 bits per heavy atom. The van der Waals surface area contributed by atoms with Crippen molar-refractivity contribution in [1.29, 1.82) is 0 Å². The SMILES string of the molecule is CC(C)n1ncc2c1C[C@H](Nc1ncnc(N)c1Cl)CC2. The largest absolute Gasteiger partial charge is 0.382 e. The number of nitrogens with zero attached hydrogens (tertiary/aromatic N) is 4. The Kier molecular flexibility index (Phi) is 3.71. The standard InChI is InChI=1S/C14H19ClN6/c1-8(2)21-11-5-10(4-3-9(11)6-19-21)20-14-12(15)13(16)17-7-18-14/h6-8,10H,3-5H2,1-2H3,(H3,16,17,18,20)/t10-/m1/s1. The summed E-state index contributed by atoms with van der Waals surface area (Å²) in [5.41, 5.74) is 8.35. The molecule has 0 aliphatic heterocycles. The van der Waals surface area contributed by atoms with E-state index in [0.717, 1.165) is 19.3 Å². The van der Waals surface area contributed by atoms with Crippen molar-refractivity contribution in [3.8, 4) is 0 Å². The van der Waals surface area contributed by atoms with Crippen LogP contribution in [0.1, 0.15) is 37.6 Å². The molecule has 2 aromatic heterocycles. The second-order valence-corrected chi connectivity index (χ2v) is 6.04. The first-order valence-electron chi connectivity index (χ1n) is 7.14. The highest BCUT2D eigenvalue weighted by molar-refractivity contribution is 6.35. The molecular formula is C14H19ClN6. The van der Waals surface area contributed by atoms with Crippen molar-refractivity contribution in [1.82, 2.24) is 19.7 Å². The Morgan fingerprint density at radius 1 is 1.43 bits per heavy atom. The van der Waals surface area contributed by atoms with Crippen LogP contribution < -0.4 is 11.1 Å². The maximum Gasteiger partial charge on any atom is 0.150 e. The molecule has 0 saturated carbocycles. The van der Waals surface area contributed by atoms with Crippen LogP contribution >= 0.6 is 11.6 Å². The van der Waals surface area contributed by atoms with E-state index in [-0.39, 0.29) is 6.04 Å². The van der Waals surface area contributed by atoms with Crippen molar-refractivity contribution in [2.75, 3.05) is 11.1 Å². The van der Waals surface area contributed by atoms with Crippen LogP contribution in [-0.4, -0.2) is 25.8 Å². The highest BCUT2D eigenvalue weighted by Gasteiger charge is 2.24. The van der Waals surface area contributed by atoms with E-state index in [1.165, 1.54) is 17.6 Å². The Bertz CT molecular complexity index is 651. The van der Waals surface area contributed by atoms with Gasteiger partial charge in [-0.05, 0) is 32.3 Å². The normalized spacial score (nSPS) is 17.8. The fourth-order valence-electron chi connectivity index (χ4n) is 2.77. The second kappa shape index (κ2) is 5.52. The lowest BCUT2D eigenvalue weighted by Crippen LogP contribution is -2.29. The fraction of sp³-hybridized carbons (Fsp3) is 0.500. The Morgan fingerprint density at radius 3 is 3.00 bits per heavy atom. The Hall–Kier alpha value is -1.82. The van der Waals surface area contributed by atoms with E-state index in [0.29, 0.717) is 22.7 Å². The van der Waals surface area contributed by atoms with Crippen molar-refractivity contribution in [3.05, 3.63) is 28.8 Å². The summed E-state index contributed by atoms with van der Waals surface area (Å²) in [5, 5.41) is 8.26. The van der Waals surface area contributed by atoms with Gasteiger partial charge in [0.25, 0.3) is 0 Å². The van der Waals surface area contributed by atoms with Gasteiger partial charge in [0.1, 0.15) is 17.2 Å². The molecule has 0 fully saturated rings. The summed E-state index contributed by atoms with van der Waals surface area (Å²) in [6, 6.07) is 0.643. The summed E-state index contributed by atoms with van der Waals surface area (Å²) in [7, 11) is 0. The van der Waals surface area contributed by atoms with Gasteiger partial charge in [-0.25, -0.2) is 9.97 Å². The number of nitrogens with two attached hydrogens (primary N) is 1. The molecule has 0 unspecified atom stereocenters. The molecule has 6 nitrogen and oxygen atoms in total. The molecule has 0 radical (unpaired) electrons. The van der Waals surface area contributed by atoms with Gasteiger partial charge in [-0.3, -0.25) is 4.68 Å². The number of aromatic nitrogens is 4. The third-order valence-electron chi connectivity index (χ3n) is 3.83. The van der Waals surface area contributed by atoms with Crippen molar-refractivity contribution in [2.45, 2.75) is 45.2 Å². The van der Waals surface area contributed by atoms with Crippen LogP contribution in [0, 0.1) is 0 Å². The zero-order chi connectivity index (χ0) is 15.0. The van der Waals surface area contributed by atoms with Gasteiger partial charge in [-0.2, -0.15) is 5.10 Å². The topological polar surface area (TPSA) is 81.7 Å². The zero-order valence-electron chi connectivity index (χ0n) is 12.2. The summed E-state index contributed by atoms with van der Waals surface area (Å²) < 4.78 is 2.10. The molecule has 0 spiro atoms. The fourth-order valence-corrected chi connectivity index (χ4v) is 2.92. The first-order chi connectivity index (χ1) is 10.1. The average molecular weight is 307 g/mol. The molecule has 3 N–H and O–H groups in total. The quantitative estimate of drug-likeness (QED) is 0.910. The number of hydrogen-bond acceptors (Lipinski definition) is 5. The van der Waals surface area contributed by atoms with Crippen molar-refractivity contribution in [2.24, 2.45) is 0 Å². The van der Waals surface area contributed by atoms with E-state index in [1.807, 2.05) is 6.20 Å². The van der Waals surface area contributed by atoms with Gasteiger partial charge in [0.2, 0.25) is 0 Å². The minimum atomic E-state index is 0.276. The lowest BCUT2D eigenvalue weighted by molar-refractivity contribution is 0.484. The van der Waals surface area contributed by atoms with Gasteiger partial charge >= 0.3 is 0 Å². The van der Waals surface area contributed by atoms with Crippen LogP contribution in [0.4, 0.5) is 11.6 Å².